The lowest BCUT2D eigenvalue weighted by Crippen LogP contribution is -2.40. The maximum atomic E-state index is 11.8. The quantitative estimate of drug-likeness (QED) is 0.816. The zero-order chi connectivity index (χ0) is 13.8. The van der Waals surface area contributed by atoms with Gasteiger partial charge in [-0.25, -0.2) is 0 Å². The predicted molar refractivity (Wildman–Crippen MR) is 80.6 cm³/mol. The van der Waals surface area contributed by atoms with Crippen molar-refractivity contribution in [2.24, 2.45) is 0 Å². The molecule has 3 rings (SSSR count). The molecule has 4 heteroatoms. The number of hydrogen-bond donors (Lipinski definition) is 2. The number of aromatic nitrogens is 1. The third-order valence-corrected chi connectivity index (χ3v) is 3.93. The fourth-order valence-electron chi connectivity index (χ4n) is 2.83. The molecular formula is C16H21N3O. The van der Waals surface area contributed by atoms with Gasteiger partial charge in [-0.15, -0.1) is 0 Å². The molecule has 1 atom stereocenters. The Morgan fingerprint density at radius 3 is 3.10 bits per heavy atom. The smallest absolute Gasteiger partial charge is 0.237 e. The highest BCUT2D eigenvalue weighted by Gasteiger charge is 2.20. The van der Waals surface area contributed by atoms with Crippen LogP contribution in [-0.2, 0) is 11.3 Å². The molecule has 1 aliphatic rings. The van der Waals surface area contributed by atoms with Gasteiger partial charge in [-0.1, -0.05) is 18.2 Å². The van der Waals surface area contributed by atoms with Gasteiger partial charge in [0.1, 0.15) is 0 Å². The number of carbonyl (C=O) groups excluding carboxylic acids is 1. The van der Waals surface area contributed by atoms with Crippen LogP contribution >= 0.6 is 0 Å². The largest absolute Gasteiger partial charge is 0.355 e. The second-order valence-electron chi connectivity index (χ2n) is 5.36. The van der Waals surface area contributed by atoms with Crippen molar-refractivity contribution in [3.63, 3.8) is 0 Å². The highest BCUT2D eigenvalue weighted by molar-refractivity contribution is 5.82. The number of nitrogens with one attached hydrogen (secondary N) is 2. The number of para-hydroxylation sites is 1. The minimum absolute atomic E-state index is 0.0300. The van der Waals surface area contributed by atoms with Crippen LogP contribution in [0.1, 0.15) is 19.3 Å². The number of hydrogen-bond acceptors (Lipinski definition) is 2. The Kier molecular flexibility index (Phi) is 4.02. The second kappa shape index (κ2) is 6.09. The van der Waals surface area contributed by atoms with E-state index in [4.69, 9.17) is 0 Å². The lowest BCUT2D eigenvalue weighted by Gasteiger charge is -2.11. The molecule has 1 amide bonds. The standard InChI is InChI=1S/C16H21N3O/c20-16(14-6-3-9-17-14)18-10-4-11-19-12-8-13-5-1-2-7-15(13)19/h1-2,5,7-8,12,14,17H,3-4,6,9-11H2,(H,18,20)/t14-/m1/s1. The van der Waals surface area contributed by atoms with Crippen molar-refractivity contribution in [3.8, 4) is 0 Å². The van der Waals surface area contributed by atoms with Gasteiger partial charge in [-0.3, -0.25) is 4.79 Å². The Bertz CT molecular complexity index is 584. The molecule has 2 N–H and O–H groups in total. The van der Waals surface area contributed by atoms with Crippen molar-refractivity contribution in [3.05, 3.63) is 36.5 Å². The van der Waals surface area contributed by atoms with E-state index >= 15 is 0 Å². The Hall–Kier alpha value is -1.81. The van der Waals surface area contributed by atoms with Crippen LogP contribution in [0.3, 0.4) is 0 Å². The average molecular weight is 271 g/mol. The molecule has 0 aliphatic carbocycles. The number of fused-ring (bicyclic) bond motifs is 1. The first-order valence-corrected chi connectivity index (χ1v) is 7.39. The van der Waals surface area contributed by atoms with Crippen LogP contribution < -0.4 is 10.6 Å². The fourth-order valence-corrected chi connectivity index (χ4v) is 2.83. The first-order valence-electron chi connectivity index (χ1n) is 7.39. The normalized spacial score (nSPS) is 18.5. The van der Waals surface area contributed by atoms with E-state index in [0.29, 0.717) is 0 Å². The summed E-state index contributed by atoms with van der Waals surface area (Å²) in [7, 11) is 0. The average Bonchev–Trinajstić information content (AvgIpc) is 3.13. The summed E-state index contributed by atoms with van der Waals surface area (Å²) in [6.45, 7) is 2.64. The third kappa shape index (κ3) is 2.85. The molecule has 1 aromatic carbocycles. The lowest BCUT2D eigenvalue weighted by molar-refractivity contribution is -0.122. The Labute approximate surface area is 119 Å². The van der Waals surface area contributed by atoms with Gasteiger partial charge < -0.3 is 15.2 Å². The number of rotatable bonds is 5. The second-order valence-corrected chi connectivity index (χ2v) is 5.36. The molecule has 1 aliphatic heterocycles. The van der Waals surface area contributed by atoms with Gasteiger partial charge in [0.2, 0.25) is 5.91 Å². The molecule has 4 nitrogen and oxygen atoms in total. The van der Waals surface area contributed by atoms with Crippen LogP contribution in [0.5, 0.6) is 0 Å². The van der Waals surface area contributed by atoms with E-state index in [2.05, 4.69) is 51.7 Å². The number of nitrogens with zero attached hydrogens (tertiary/aromatic N) is 1. The molecular weight excluding hydrogens is 250 g/mol. The minimum Gasteiger partial charge on any atom is -0.355 e. The Morgan fingerprint density at radius 1 is 1.35 bits per heavy atom. The topological polar surface area (TPSA) is 46.1 Å². The van der Waals surface area contributed by atoms with Gasteiger partial charge in [0, 0.05) is 24.8 Å². The van der Waals surface area contributed by atoms with Crippen LogP contribution in [0.2, 0.25) is 0 Å². The van der Waals surface area contributed by atoms with Crippen molar-refractivity contribution in [2.75, 3.05) is 13.1 Å². The maximum Gasteiger partial charge on any atom is 0.237 e. The van der Waals surface area contributed by atoms with E-state index in [1.807, 2.05) is 0 Å². The molecule has 106 valence electrons. The van der Waals surface area contributed by atoms with E-state index in [1.54, 1.807) is 0 Å². The van der Waals surface area contributed by atoms with Crippen molar-refractivity contribution < 1.29 is 4.79 Å². The van der Waals surface area contributed by atoms with Crippen LogP contribution in [0.4, 0.5) is 0 Å². The van der Waals surface area contributed by atoms with E-state index in [0.717, 1.165) is 38.9 Å². The summed E-state index contributed by atoms with van der Waals surface area (Å²) in [6.07, 6.45) is 5.14. The zero-order valence-corrected chi connectivity index (χ0v) is 11.6. The molecule has 1 fully saturated rings. The Morgan fingerprint density at radius 2 is 2.25 bits per heavy atom. The highest BCUT2D eigenvalue weighted by atomic mass is 16.2. The predicted octanol–water partition coefficient (Wildman–Crippen LogP) is 1.90. The minimum atomic E-state index is 0.0300. The van der Waals surface area contributed by atoms with Gasteiger partial charge in [0.05, 0.1) is 6.04 Å². The molecule has 0 saturated carbocycles. The zero-order valence-electron chi connectivity index (χ0n) is 11.6. The summed E-state index contributed by atoms with van der Waals surface area (Å²) in [5, 5.41) is 7.51. The molecule has 2 heterocycles. The van der Waals surface area contributed by atoms with E-state index in [1.165, 1.54) is 10.9 Å². The molecule has 1 saturated heterocycles. The maximum absolute atomic E-state index is 11.8. The number of benzene rings is 1. The van der Waals surface area contributed by atoms with Gasteiger partial charge in [0.25, 0.3) is 0 Å². The fraction of sp³-hybridized carbons (Fsp3) is 0.438. The first-order chi connectivity index (χ1) is 9.84. The molecule has 2 aromatic rings. The van der Waals surface area contributed by atoms with Crippen LogP contribution in [0, 0.1) is 0 Å². The molecule has 1 aromatic heterocycles. The molecule has 0 bridgehead atoms. The summed E-state index contributed by atoms with van der Waals surface area (Å²) in [5.41, 5.74) is 1.26. The van der Waals surface area contributed by atoms with Crippen molar-refractivity contribution in [1.82, 2.24) is 15.2 Å². The number of amides is 1. The SMILES string of the molecule is O=C(NCCCn1ccc2ccccc21)[C@H]1CCCN1. The summed E-state index contributed by atoms with van der Waals surface area (Å²) in [4.78, 5) is 11.8. The first kappa shape index (κ1) is 13.2. The summed E-state index contributed by atoms with van der Waals surface area (Å²) >= 11 is 0. The lowest BCUT2D eigenvalue weighted by atomic mass is 10.2. The van der Waals surface area contributed by atoms with Crippen molar-refractivity contribution >= 4 is 16.8 Å². The highest BCUT2D eigenvalue weighted by Crippen LogP contribution is 2.15. The van der Waals surface area contributed by atoms with Crippen molar-refractivity contribution in [2.45, 2.75) is 31.8 Å². The van der Waals surface area contributed by atoms with Crippen molar-refractivity contribution in [1.29, 1.82) is 0 Å². The summed E-state index contributed by atoms with van der Waals surface area (Å²) in [5.74, 6) is 0.153. The summed E-state index contributed by atoms with van der Waals surface area (Å²) < 4.78 is 2.25. The van der Waals surface area contributed by atoms with Crippen LogP contribution in [0.15, 0.2) is 36.5 Å². The van der Waals surface area contributed by atoms with E-state index < -0.39 is 0 Å². The van der Waals surface area contributed by atoms with Crippen LogP contribution in [0.25, 0.3) is 10.9 Å². The number of aryl methyl sites for hydroxylation is 1. The van der Waals surface area contributed by atoms with Gasteiger partial charge in [-0.05, 0) is 43.3 Å². The Balaban J connectivity index is 1.47. The number of carbonyl (C=O) groups is 1. The summed E-state index contributed by atoms with van der Waals surface area (Å²) in [6, 6.07) is 10.5. The van der Waals surface area contributed by atoms with Gasteiger partial charge >= 0.3 is 0 Å². The van der Waals surface area contributed by atoms with Gasteiger partial charge in [-0.2, -0.15) is 0 Å². The molecule has 0 spiro atoms. The molecule has 0 unspecified atom stereocenters. The van der Waals surface area contributed by atoms with Crippen LogP contribution in [-0.4, -0.2) is 29.6 Å². The van der Waals surface area contributed by atoms with Gasteiger partial charge in [0.15, 0.2) is 0 Å². The van der Waals surface area contributed by atoms with E-state index in [-0.39, 0.29) is 11.9 Å². The van der Waals surface area contributed by atoms with E-state index in [9.17, 15) is 4.79 Å². The monoisotopic (exact) mass is 271 g/mol. The molecule has 0 radical (unpaired) electrons. The molecule has 20 heavy (non-hydrogen) atoms. The third-order valence-electron chi connectivity index (χ3n) is 3.93.